The predicted octanol–water partition coefficient (Wildman–Crippen LogP) is 3.69. The van der Waals surface area contributed by atoms with Crippen LogP contribution in [0.2, 0.25) is 0 Å². The smallest absolute Gasteiger partial charge is 0.191 e. The zero-order valence-electron chi connectivity index (χ0n) is 14.7. The molecule has 3 aromatic rings. The largest absolute Gasteiger partial charge is 0.491 e. The van der Waals surface area contributed by atoms with E-state index in [1.165, 1.54) is 24.6 Å². The first-order valence-corrected chi connectivity index (χ1v) is 10.1. The summed E-state index contributed by atoms with van der Waals surface area (Å²) >= 11 is 1.56. The molecule has 0 bridgehead atoms. The molecule has 1 aliphatic rings. The Morgan fingerprint density at radius 2 is 1.96 bits per heavy atom. The Kier molecular flexibility index (Phi) is 5.41. The van der Waals surface area contributed by atoms with E-state index in [0.29, 0.717) is 5.75 Å². The number of hydrogen-bond donors (Lipinski definition) is 1. The average Bonchev–Trinajstić information content (AvgIpc) is 2.90. The van der Waals surface area contributed by atoms with Crippen LogP contribution in [0, 0.1) is 0 Å². The Bertz CT molecular complexity index is 880. The molecule has 0 saturated heterocycles. The minimum absolute atomic E-state index is 0.270. The standard InChI is InChI=1S/C20H23N3O2S/c24-17(13-25-18-10-9-15-6-3-4-7-16(15)12-18)14-26-20-22-21-19-8-2-1-5-11-23(19)20/h3-4,6-7,9-10,12,17,24H,1-2,5,8,11,13-14H2/t17-/m0/s1. The van der Waals surface area contributed by atoms with Crippen LogP contribution in [0.4, 0.5) is 0 Å². The normalized spacial score (nSPS) is 15.4. The van der Waals surface area contributed by atoms with Crippen LogP contribution < -0.4 is 4.74 Å². The van der Waals surface area contributed by atoms with Crippen molar-refractivity contribution in [1.82, 2.24) is 14.8 Å². The molecule has 26 heavy (non-hydrogen) atoms. The highest BCUT2D eigenvalue weighted by molar-refractivity contribution is 7.99. The quantitative estimate of drug-likeness (QED) is 0.672. The van der Waals surface area contributed by atoms with Crippen molar-refractivity contribution in [2.45, 2.75) is 43.5 Å². The van der Waals surface area contributed by atoms with Crippen molar-refractivity contribution in [2.75, 3.05) is 12.4 Å². The minimum atomic E-state index is -0.551. The summed E-state index contributed by atoms with van der Waals surface area (Å²) in [6.45, 7) is 1.25. The third-order valence-electron chi connectivity index (χ3n) is 4.64. The number of benzene rings is 2. The monoisotopic (exact) mass is 369 g/mol. The fraction of sp³-hybridized carbons (Fsp3) is 0.400. The lowest BCUT2D eigenvalue weighted by Gasteiger charge is -2.13. The molecule has 0 fully saturated rings. The second-order valence-corrected chi connectivity index (χ2v) is 7.63. The lowest BCUT2D eigenvalue weighted by molar-refractivity contribution is 0.126. The van der Waals surface area contributed by atoms with E-state index in [0.717, 1.165) is 35.1 Å². The third kappa shape index (κ3) is 4.02. The van der Waals surface area contributed by atoms with Crippen molar-refractivity contribution in [3.8, 4) is 5.75 Å². The molecule has 1 aromatic heterocycles. The molecule has 6 heteroatoms. The first-order valence-electron chi connectivity index (χ1n) is 9.14. The number of aryl methyl sites for hydroxylation is 1. The van der Waals surface area contributed by atoms with Crippen molar-refractivity contribution in [3.05, 3.63) is 48.3 Å². The number of fused-ring (bicyclic) bond motifs is 2. The van der Waals surface area contributed by atoms with Crippen LogP contribution in [-0.4, -0.2) is 38.3 Å². The van der Waals surface area contributed by atoms with Crippen molar-refractivity contribution < 1.29 is 9.84 Å². The van der Waals surface area contributed by atoms with E-state index in [1.54, 1.807) is 11.8 Å². The number of rotatable bonds is 6. The predicted molar refractivity (Wildman–Crippen MR) is 104 cm³/mol. The second kappa shape index (κ2) is 8.10. The van der Waals surface area contributed by atoms with Gasteiger partial charge in [0.15, 0.2) is 5.16 Å². The van der Waals surface area contributed by atoms with Gasteiger partial charge in [0.05, 0.1) is 6.10 Å². The summed E-state index contributed by atoms with van der Waals surface area (Å²) in [5.41, 5.74) is 0. The molecule has 0 spiro atoms. The zero-order chi connectivity index (χ0) is 17.8. The Balaban J connectivity index is 1.31. The summed E-state index contributed by atoms with van der Waals surface area (Å²) in [5, 5.41) is 22.1. The van der Waals surface area contributed by atoms with Crippen molar-refractivity contribution in [3.63, 3.8) is 0 Å². The summed E-state index contributed by atoms with van der Waals surface area (Å²) in [7, 11) is 0. The maximum absolute atomic E-state index is 10.3. The van der Waals surface area contributed by atoms with Gasteiger partial charge < -0.3 is 14.4 Å². The number of hydrogen-bond acceptors (Lipinski definition) is 5. The van der Waals surface area contributed by atoms with Gasteiger partial charge >= 0.3 is 0 Å². The number of aliphatic hydroxyl groups excluding tert-OH is 1. The summed E-state index contributed by atoms with van der Waals surface area (Å²) < 4.78 is 7.98. The molecular weight excluding hydrogens is 346 g/mol. The lowest BCUT2D eigenvalue weighted by atomic mass is 10.1. The van der Waals surface area contributed by atoms with E-state index in [4.69, 9.17) is 4.74 Å². The molecule has 1 N–H and O–H groups in total. The minimum Gasteiger partial charge on any atom is -0.491 e. The molecule has 1 atom stereocenters. The van der Waals surface area contributed by atoms with E-state index in [9.17, 15) is 5.11 Å². The van der Waals surface area contributed by atoms with Gasteiger partial charge in [-0.05, 0) is 35.7 Å². The van der Waals surface area contributed by atoms with Gasteiger partial charge in [-0.2, -0.15) is 0 Å². The molecule has 0 unspecified atom stereocenters. The molecule has 4 rings (SSSR count). The maximum Gasteiger partial charge on any atom is 0.191 e. The van der Waals surface area contributed by atoms with Crippen LogP contribution in [0.3, 0.4) is 0 Å². The Hall–Kier alpha value is -2.05. The van der Waals surface area contributed by atoms with Gasteiger partial charge in [-0.1, -0.05) is 48.5 Å². The van der Waals surface area contributed by atoms with Gasteiger partial charge in [-0.3, -0.25) is 0 Å². The summed E-state index contributed by atoms with van der Waals surface area (Å²) in [4.78, 5) is 0. The molecule has 2 heterocycles. The summed E-state index contributed by atoms with van der Waals surface area (Å²) in [6.07, 6.45) is 4.05. The van der Waals surface area contributed by atoms with Crippen LogP contribution in [-0.2, 0) is 13.0 Å². The van der Waals surface area contributed by atoms with Crippen LogP contribution in [0.1, 0.15) is 25.1 Å². The highest BCUT2D eigenvalue weighted by Gasteiger charge is 2.16. The van der Waals surface area contributed by atoms with Crippen molar-refractivity contribution in [2.24, 2.45) is 0 Å². The van der Waals surface area contributed by atoms with Crippen molar-refractivity contribution >= 4 is 22.5 Å². The highest BCUT2D eigenvalue weighted by Crippen LogP contribution is 2.23. The van der Waals surface area contributed by atoms with Gasteiger partial charge in [-0.25, -0.2) is 0 Å². The van der Waals surface area contributed by atoms with Gasteiger partial charge in [0.2, 0.25) is 0 Å². The molecule has 2 aromatic carbocycles. The van der Waals surface area contributed by atoms with E-state index in [1.807, 2.05) is 30.3 Å². The third-order valence-corrected chi connectivity index (χ3v) is 5.76. The number of aromatic nitrogens is 3. The Morgan fingerprint density at radius 1 is 1.08 bits per heavy atom. The first kappa shape index (κ1) is 17.4. The first-order chi connectivity index (χ1) is 12.8. The van der Waals surface area contributed by atoms with Gasteiger partial charge in [0, 0.05) is 18.7 Å². The second-order valence-electron chi connectivity index (χ2n) is 6.65. The van der Waals surface area contributed by atoms with Crippen LogP contribution in [0.25, 0.3) is 10.8 Å². The lowest BCUT2D eigenvalue weighted by Crippen LogP contribution is -2.20. The molecule has 0 amide bonds. The fourth-order valence-corrected chi connectivity index (χ4v) is 4.12. The number of thioether (sulfide) groups is 1. The van der Waals surface area contributed by atoms with Gasteiger partial charge in [-0.15, -0.1) is 10.2 Å². The maximum atomic E-state index is 10.3. The highest BCUT2D eigenvalue weighted by atomic mass is 32.2. The molecule has 1 aliphatic heterocycles. The topological polar surface area (TPSA) is 60.2 Å². The van der Waals surface area contributed by atoms with E-state index in [2.05, 4.69) is 26.9 Å². The SMILES string of the molecule is O[C@@H](COc1ccc2ccccc2c1)CSc1nnc2n1CCCCC2. The van der Waals surface area contributed by atoms with Crippen LogP contribution in [0.15, 0.2) is 47.6 Å². The average molecular weight is 369 g/mol. The van der Waals surface area contributed by atoms with E-state index >= 15 is 0 Å². The van der Waals surface area contributed by atoms with E-state index < -0.39 is 6.10 Å². The van der Waals surface area contributed by atoms with E-state index in [-0.39, 0.29) is 6.61 Å². The Morgan fingerprint density at radius 3 is 2.88 bits per heavy atom. The summed E-state index contributed by atoms with van der Waals surface area (Å²) in [6, 6.07) is 14.2. The summed E-state index contributed by atoms with van der Waals surface area (Å²) in [5.74, 6) is 2.40. The van der Waals surface area contributed by atoms with Crippen LogP contribution >= 0.6 is 11.8 Å². The van der Waals surface area contributed by atoms with Gasteiger partial charge in [0.1, 0.15) is 18.2 Å². The van der Waals surface area contributed by atoms with Crippen molar-refractivity contribution in [1.29, 1.82) is 0 Å². The van der Waals surface area contributed by atoms with Gasteiger partial charge in [0.25, 0.3) is 0 Å². The molecular formula is C20H23N3O2S. The number of nitrogens with zero attached hydrogens (tertiary/aromatic N) is 3. The number of ether oxygens (including phenoxy) is 1. The number of aliphatic hydroxyl groups is 1. The molecule has 0 saturated carbocycles. The van der Waals surface area contributed by atoms with Crippen LogP contribution in [0.5, 0.6) is 5.75 Å². The fourth-order valence-electron chi connectivity index (χ4n) is 3.23. The Labute approximate surface area is 157 Å². The molecule has 0 radical (unpaired) electrons. The molecule has 5 nitrogen and oxygen atoms in total. The zero-order valence-corrected chi connectivity index (χ0v) is 15.5. The molecule has 0 aliphatic carbocycles. The molecule has 136 valence electrons.